The first kappa shape index (κ1) is 11.0. The predicted octanol–water partition coefficient (Wildman–Crippen LogP) is 2.34. The standard InChI is InChI=1S/C11H13BrN4/c12-10-7-9(13)1-2-11(10)15-4-6-16-5-3-14-8-16/h1-3,5,7-8,15H,4,6,13H2. The van der Waals surface area contributed by atoms with Gasteiger partial charge in [0.25, 0.3) is 0 Å². The highest BCUT2D eigenvalue weighted by Crippen LogP contribution is 2.24. The van der Waals surface area contributed by atoms with Gasteiger partial charge in [0.2, 0.25) is 0 Å². The van der Waals surface area contributed by atoms with Crippen LogP contribution in [0.5, 0.6) is 0 Å². The van der Waals surface area contributed by atoms with Gasteiger partial charge in [-0.15, -0.1) is 0 Å². The van der Waals surface area contributed by atoms with Crippen LogP contribution >= 0.6 is 15.9 Å². The van der Waals surface area contributed by atoms with Crippen LogP contribution in [-0.2, 0) is 6.54 Å². The molecule has 0 atom stereocenters. The second-order valence-corrected chi connectivity index (χ2v) is 4.32. The van der Waals surface area contributed by atoms with E-state index in [1.165, 1.54) is 0 Å². The molecule has 2 aromatic rings. The van der Waals surface area contributed by atoms with Crippen LogP contribution < -0.4 is 11.1 Å². The normalized spacial score (nSPS) is 10.3. The van der Waals surface area contributed by atoms with Crippen LogP contribution in [0.2, 0.25) is 0 Å². The fourth-order valence-corrected chi connectivity index (χ4v) is 1.95. The summed E-state index contributed by atoms with van der Waals surface area (Å²) in [6, 6.07) is 5.73. The predicted molar refractivity (Wildman–Crippen MR) is 69.3 cm³/mol. The van der Waals surface area contributed by atoms with Crippen molar-refractivity contribution in [2.45, 2.75) is 6.54 Å². The quantitative estimate of drug-likeness (QED) is 0.846. The zero-order valence-electron chi connectivity index (χ0n) is 8.73. The van der Waals surface area contributed by atoms with Gasteiger partial charge in [-0.25, -0.2) is 4.98 Å². The minimum absolute atomic E-state index is 0.757. The van der Waals surface area contributed by atoms with Crippen LogP contribution in [0.4, 0.5) is 11.4 Å². The fourth-order valence-electron chi connectivity index (χ4n) is 1.41. The lowest BCUT2D eigenvalue weighted by atomic mass is 10.3. The molecule has 0 saturated carbocycles. The van der Waals surface area contributed by atoms with Crippen LogP contribution in [0.25, 0.3) is 0 Å². The molecule has 0 unspecified atom stereocenters. The minimum Gasteiger partial charge on any atom is -0.399 e. The Morgan fingerprint density at radius 1 is 1.44 bits per heavy atom. The van der Waals surface area contributed by atoms with Gasteiger partial charge in [0, 0.05) is 41.3 Å². The molecule has 4 nitrogen and oxygen atoms in total. The van der Waals surface area contributed by atoms with Gasteiger partial charge in [-0.05, 0) is 34.1 Å². The number of imidazole rings is 1. The Kier molecular flexibility index (Phi) is 3.46. The molecule has 5 heteroatoms. The molecule has 1 heterocycles. The molecule has 84 valence electrons. The summed E-state index contributed by atoms with van der Waals surface area (Å²) < 4.78 is 3.01. The topological polar surface area (TPSA) is 55.9 Å². The van der Waals surface area contributed by atoms with E-state index < -0.39 is 0 Å². The number of halogens is 1. The Bertz CT molecular complexity index is 453. The van der Waals surface area contributed by atoms with E-state index in [1.54, 1.807) is 12.5 Å². The van der Waals surface area contributed by atoms with Crippen molar-refractivity contribution in [3.05, 3.63) is 41.4 Å². The minimum atomic E-state index is 0.757. The Morgan fingerprint density at radius 2 is 2.31 bits per heavy atom. The molecule has 0 aliphatic heterocycles. The summed E-state index contributed by atoms with van der Waals surface area (Å²) in [5.41, 5.74) is 7.47. The smallest absolute Gasteiger partial charge is 0.0946 e. The molecule has 0 aliphatic rings. The third-order valence-corrected chi connectivity index (χ3v) is 2.89. The summed E-state index contributed by atoms with van der Waals surface area (Å²) >= 11 is 3.46. The third-order valence-electron chi connectivity index (χ3n) is 2.24. The number of nitrogens with zero attached hydrogens (tertiary/aromatic N) is 2. The lowest BCUT2D eigenvalue weighted by Gasteiger charge is -2.09. The molecule has 1 aromatic heterocycles. The van der Waals surface area contributed by atoms with Crippen LogP contribution in [0.15, 0.2) is 41.4 Å². The Labute approximate surface area is 103 Å². The molecule has 0 radical (unpaired) electrons. The van der Waals surface area contributed by atoms with Gasteiger partial charge < -0.3 is 15.6 Å². The molecule has 3 N–H and O–H groups in total. The van der Waals surface area contributed by atoms with Crippen molar-refractivity contribution in [3.63, 3.8) is 0 Å². The lowest BCUT2D eigenvalue weighted by molar-refractivity contribution is 0.727. The van der Waals surface area contributed by atoms with E-state index in [0.717, 1.165) is 28.9 Å². The molecule has 2 rings (SSSR count). The van der Waals surface area contributed by atoms with Gasteiger partial charge in [0.15, 0.2) is 0 Å². The van der Waals surface area contributed by atoms with E-state index in [9.17, 15) is 0 Å². The molecule has 0 spiro atoms. The Hall–Kier alpha value is -1.49. The summed E-state index contributed by atoms with van der Waals surface area (Å²) in [5.74, 6) is 0. The number of hydrogen-bond donors (Lipinski definition) is 2. The van der Waals surface area contributed by atoms with E-state index in [1.807, 2.05) is 29.0 Å². The summed E-state index contributed by atoms with van der Waals surface area (Å²) in [6.45, 7) is 1.73. The van der Waals surface area contributed by atoms with Crippen molar-refractivity contribution in [2.24, 2.45) is 0 Å². The van der Waals surface area contributed by atoms with Crippen molar-refractivity contribution in [1.82, 2.24) is 9.55 Å². The highest BCUT2D eigenvalue weighted by molar-refractivity contribution is 9.10. The average Bonchev–Trinajstić information content (AvgIpc) is 2.74. The lowest BCUT2D eigenvalue weighted by Crippen LogP contribution is -2.09. The van der Waals surface area contributed by atoms with E-state index in [-0.39, 0.29) is 0 Å². The van der Waals surface area contributed by atoms with Crippen LogP contribution in [0, 0.1) is 0 Å². The molecule has 0 bridgehead atoms. The van der Waals surface area contributed by atoms with Gasteiger partial charge >= 0.3 is 0 Å². The van der Waals surface area contributed by atoms with E-state index in [2.05, 4.69) is 26.2 Å². The van der Waals surface area contributed by atoms with Crippen molar-refractivity contribution in [2.75, 3.05) is 17.6 Å². The molecule has 0 amide bonds. The van der Waals surface area contributed by atoms with E-state index in [4.69, 9.17) is 5.73 Å². The zero-order valence-corrected chi connectivity index (χ0v) is 10.3. The van der Waals surface area contributed by atoms with Gasteiger partial charge in [0.1, 0.15) is 0 Å². The highest BCUT2D eigenvalue weighted by Gasteiger charge is 1.99. The molecule has 16 heavy (non-hydrogen) atoms. The maximum Gasteiger partial charge on any atom is 0.0946 e. The first-order valence-electron chi connectivity index (χ1n) is 5.00. The molecule has 1 aromatic carbocycles. The van der Waals surface area contributed by atoms with Crippen LogP contribution in [-0.4, -0.2) is 16.1 Å². The summed E-state index contributed by atoms with van der Waals surface area (Å²) in [5, 5.41) is 3.33. The van der Waals surface area contributed by atoms with Gasteiger partial charge in [-0.3, -0.25) is 0 Å². The molecule has 0 fully saturated rings. The Balaban J connectivity index is 1.90. The largest absolute Gasteiger partial charge is 0.399 e. The average molecular weight is 281 g/mol. The first-order chi connectivity index (χ1) is 7.75. The van der Waals surface area contributed by atoms with Crippen molar-refractivity contribution < 1.29 is 0 Å². The number of anilines is 2. The van der Waals surface area contributed by atoms with Crippen molar-refractivity contribution in [1.29, 1.82) is 0 Å². The van der Waals surface area contributed by atoms with E-state index in [0.29, 0.717) is 0 Å². The fraction of sp³-hybridized carbons (Fsp3) is 0.182. The van der Waals surface area contributed by atoms with Gasteiger partial charge in [-0.2, -0.15) is 0 Å². The molecule has 0 saturated heterocycles. The van der Waals surface area contributed by atoms with Crippen LogP contribution in [0.3, 0.4) is 0 Å². The third kappa shape index (κ3) is 2.76. The van der Waals surface area contributed by atoms with Gasteiger partial charge in [0.05, 0.1) is 6.33 Å². The number of nitrogen functional groups attached to an aromatic ring is 1. The van der Waals surface area contributed by atoms with E-state index >= 15 is 0 Å². The van der Waals surface area contributed by atoms with Crippen molar-refractivity contribution in [3.8, 4) is 0 Å². The summed E-state index contributed by atoms with van der Waals surface area (Å²) in [7, 11) is 0. The summed E-state index contributed by atoms with van der Waals surface area (Å²) in [4.78, 5) is 3.99. The molecular formula is C11H13BrN4. The number of aromatic nitrogens is 2. The second kappa shape index (κ2) is 5.03. The highest BCUT2D eigenvalue weighted by atomic mass is 79.9. The maximum absolute atomic E-state index is 5.66. The van der Waals surface area contributed by atoms with Crippen molar-refractivity contribution >= 4 is 27.3 Å². The monoisotopic (exact) mass is 280 g/mol. The molecule has 0 aliphatic carbocycles. The number of benzene rings is 1. The number of nitrogens with one attached hydrogen (secondary N) is 1. The Morgan fingerprint density at radius 3 is 3.00 bits per heavy atom. The zero-order chi connectivity index (χ0) is 11.4. The number of hydrogen-bond acceptors (Lipinski definition) is 3. The first-order valence-corrected chi connectivity index (χ1v) is 5.79. The number of nitrogens with two attached hydrogens (primary N) is 1. The number of rotatable bonds is 4. The SMILES string of the molecule is Nc1ccc(NCCn2ccnc2)c(Br)c1. The molecular weight excluding hydrogens is 268 g/mol. The summed E-state index contributed by atoms with van der Waals surface area (Å²) in [6.07, 6.45) is 5.53. The van der Waals surface area contributed by atoms with Gasteiger partial charge in [-0.1, -0.05) is 0 Å². The van der Waals surface area contributed by atoms with Crippen LogP contribution in [0.1, 0.15) is 0 Å². The second-order valence-electron chi connectivity index (χ2n) is 3.47. The maximum atomic E-state index is 5.66.